The molecule has 0 radical (unpaired) electrons. The van der Waals surface area contributed by atoms with Crippen molar-refractivity contribution < 1.29 is 4.39 Å². The molecule has 4 heteroatoms. The molecular weight excluding hydrogens is 271 g/mol. The second-order valence-electron chi connectivity index (χ2n) is 3.90. The van der Waals surface area contributed by atoms with E-state index in [1.54, 1.807) is 6.07 Å². The highest BCUT2D eigenvalue weighted by Crippen LogP contribution is 2.27. The predicted molar refractivity (Wildman–Crippen MR) is 68.8 cm³/mol. The Kier molecular flexibility index (Phi) is 5.38. The van der Waals surface area contributed by atoms with Crippen molar-refractivity contribution in [2.75, 3.05) is 20.1 Å². The number of nitrogens with zero attached hydrogens (tertiary/aromatic N) is 1. The van der Waals surface area contributed by atoms with Crippen molar-refractivity contribution in [3.8, 4) is 0 Å². The molecule has 2 nitrogen and oxygen atoms in total. The molecule has 16 heavy (non-hydrogen) atoms. The van der Waals surface area contributed by atoms with Crippen molar-refractivity contribution in [1.82, 2.24) is 4.90 Å². The van der Waals surface area contributed by atoms with Gasteiger partial charge in [-0.15, -0.1) is 0 Å². The number of nitrogens with two attached hydrogens (primary N) is 1. The number of rotatable bonds is 5. The summed E-state index contributed by atoms with van der Waals surface area (Å²) in [6.07, 6.45) is 1.08. The van der Waals surface area contributed by atoms with E-state index >= 15 is 0 Å². The minimum Gasteiger partial charge on any atom is -0.329 e. The van der Waals surface area contributed by atoms with E-state index in [2.05, 4.69) is 27.8 Å². The molecule has 0 bridgehead atoms. The zero-order valence-electron chi connectivity index (χ0n) is 9.71. The Bertz CT molecular complexity index is 344. The third-order valence-corrected chi connectivity index (χ3v) is 3.34. The summed E-state index contributed by atoms with van der Waals surface area (Å²) in [5.41, 5.74) is 6.83. The van der Waals surface area contributed by atoms with Crippen LogP contribution in [0.15, 0.2) is 22.7 Å². The van der Waals surface area contributed by atoms with E-state index in [-0.39, 0.29) is 11.9 Å². The fourth-order valence-corrected chi connectivity index (χ4v) is 2.44. The molecule has 1 aromatic carbocycles. The molecule has 1 atom stereocenters. The van der Waals surface area contributed by atoms with Crippen LogP contribution < -0.4 is 5.73 Å². The lowest BCUT2D eigenvalue weighted by atomic mass is 10.1. The number of halogens is 2. The summed E-state index contributed by atoms with van der Waals surface area (Å²) in [5, 5.41) is 0. The molecule has 0 aliphatic rings. The predicted octanol–water partition coefficient (Wildman–Crippen LogP) is 2.93. The summed E-state index contributed by atoms with van der Waals surface area (Å²) in [4.78, 5) is 2.19. The van der Waals surface area contributed by atoms with Crippen LogP contribution in [0.25, 0.3) is 0 Å². The molecule has 0 aliphatic heterocycles. The van der Waals surface area contributed by atoms with Gasteiger partial charge in [-0.2, -0.15) is 0 Å². The maximum atomic E-state index is 13.0. The number of benzene rings is 1. The minimum atomic E-state index is -0.232. The molecule has 0 aliphatic carbocycles. The summed E-state index contributed by atoms with van der Waals surface area (Å²) < 4.78 is 13.8. The van der Waals surface area contributed by atoms with Crippen LogP contribution in [-0.2, 0) is 0 Å². The summed E-state index contributed by atoms with van der Waals surface area (Å²) in [6.45, 7) is 3.64. The highest BCUT2D eigenvalue weighted by molar-refractivity contribution is 9.10. The van der Waals surface area contributed by atoms with Gasteiger partial charge < -0.3 is 5.73 Å². The lowest BCUT2D eigenvalue weighted by molar-refractivity contribution is 0.250. The van der Waals surface area contributed by atoms with Gasteiger partial charge in [0.1, 0.15) is 5.82 Å². The Labute approximate surface area is 105 Å². The molecule has 0 spiro atoms. The molecule has 0 aromatic heterocycles. The van der Waals surface area contributed by atoms with Gasteiger partial charge in [0.2, 0.25) is 0 Å². The minimum absolute atomic E-state index is 0.134. The third kappa shape index (κ3) is 3.27. The molecule has 0 fully saturated rings. The van der Waals surface area contributed by atoms with Crippen LogP contribution in [0, 0.1) is 5.82 Å². The molecule has 2 N–H and O–H groups in total. The van der Waals surface area contributed by atoms with Crippen molar-refractivity contribution in [3.05, 3.63) is 34.1 Å². The van der Waals surface area contributed by atoms with E-state index < -0.39 is 0 Å². The molecule has 0 amide bonds. The van der Waals surface area contributed by atoms with Gasteiger partial charge in [-0.25, -0.2) is 4.39 Å². The summed E-state index contributed by atoms with van der Waals surface area (Å²) in [6, 6.07) is 4.89. The summed E-state index contributed by atoms with van der Waals surface area (Å²) in [7, 11) is 2.04. The Morgan fingerprint density at radius 2 is 2.19 bits per heavy atom. The molecule has 90 valence electrons. The van der Waals surface area contributed by atoms with Gasteiger partial charge in [0.15, 0.2) is 0 Å². The Balaban J connectivity index is 2.94. The average molecular weight is 289 g/mol. The van der Waals surface area contributed by atoms with Crippen molar-refractivity contribution in [3.63, 3.8) is 0 Å². The molecule has 1 rings (SSSR count). The van der Waals surface area contributed by atoms with Crippen LogP contribution in [0.1, 0.15) is 24.9 Å². The van der Waals surface area contributed by atoms with Gasteiger partial charge in [-0.3, -0.25) is 4.90 Å². The zero-order chi connectivity index (χ0) is 12.1. The van der Waals surface area contributed by atoms with Crippen LogP contribution in [0.4, 0.5) is 4.39 Å². The van der Waals surface area contributed by atoms with Crippen LogP contribution in [-0.4, -0.2) is 25.0 Å². The van der Waals surface area contributed by atoms with Gasteiger partial charge in [-0.05, 0) is 37.7 Å². The summed E-state index contributed by atoms with van der Waals surface area (Å²) >= 11 is 3.39. The smallest absolute Gasteiger partial charge is 0.124 e. The van der Waals surface area contributed by atoms with Gasteiger partial charge in [0.25, 0.3) is 0 Å². The monoisotopic (exact) mass is 288 g/mol. The van der Waals surface area contributed by atoms with E-state index in [0.717, 1.165) is 23.0 Å². The maximum absolute atomic E-state index is 13.0. The first kappa shape index (κ1) is 13.6. The summed E-state index contributed by atoms with van der Waals surface area (Å²) in [5.74, 6) is -0.232. The van der Waals surface area contributed by atoms with Crippen LogP contribution in [0.3, 0.4) is 0 Å². The van der Waals surface area contributed by atoms with Crippen molar-refractivity contribution in [1.29, 1.82) is 0 Å². The van der Waals surface area contributed by atoms with Crippen LogP contribution in [0.2, 0.25) is 0 Å². The van der Waals surface area contributed by atoms with E-state index in [1.165, 1.54) is 12.1 Å². The second kappa shape index (κ2) is 6.33. The normalized spacial score (nSPS) is 13.1. The van der Waals surface area contributed by atoms with Crippen molar-refractivity contribution >= 4 is 15.9 Å². The third-order valence-electron chi connectivity index (χ3n) is 2.65. The number of hydrogen-bond acceptors (Lipinski definition) is 2. The fourth-order valence-electron chi connectivity index (χ4n) is 1.82. The van der Waals surface area contributed by atoms with Crippen LogP contribution >= 0.6 is 15.9 Å². The molecule has 0 saturated heterocycles. The number of likely N-dealkylation sites (N-methyl/N-ethyl adjacent to an activating group) is 1. The molecule has 0 saturated carbocycles. The maximum Gasteiger partial charge on any atom is 0.124 e. The van der Waals surface area contributed by atoms with Gasteiger partial charge in [0, 0.05) is 17.1 Å². The zero-order valence-corrected chi connectivity index (χ0v) is 11.3. The van der Waals surface area contributed by atoms with Crippen molar-refractivity contribution in [2.24, 2.45) is 5.73 Å². The Hall–Kier alpha value is -0.450. The van der Waals surface area contributed by atoms with Crippen molar-refractivity contribution in [2.45, 2.75) is 19.4 Å². The quantitative estimate of drug-likeness (QED) is 0.903. The highest BCUT2D eigenvalue weighted by atomic mass is 79.9. The average Bonchev–Trinajstić information content (AvgIpc) is 2.22. The Morgan fingerprint density at radius 3 is 2.69 bits per heavy atom. The van der Waals surface area contributed by atoms with E-state index in [9.17, 15) is 4.39 Å². The van der Waals surface area contributed by atoms with E-state index in [0.29, 0.717) is 6.54 Å². The SMILES string of the molecule is CCCN(C)C(CN)c1ccc(F)cc1Br. The van der Waals surface area contributed by atoms with Gasteiger partial charge in [-0.1, -0.05) is 28.9 Å². The van der Waals surface area contributed by atoms with Gasteiger partial charge in [0.05, 0.1) is 0 Å². The molecule has 1 unspecified atom stereocenters. The Morgan fingerprint density at radius 1 is 1.50 bits per heavy atom. The first-order valence-corrected chi connectivity index (χ1v) is 6.24. The van der Waals surface area contributed by atoms with Gasteiger partial charge >= 0.3 is 0 Å². The fraction of sp³-hybridized carbons (Fsp3) is 0.500. The lowest BCUT2D eigenvalue weighted by Gasteiger charge is -2.27. The largest absolute Gasteiger partial charge is 0.329 e. The highest BCUT2D eigenvalue weighted by Gasteiger charge is 2.17. The standard InChI is InChI=1S/C12H18BrFN2/c1-3-6-16(2)12(8-15)10-5-4-9(14)7-11(10)13/h4-5,7,12H,3,6,8,15H2,1-2H3. The molecule has 1 aromatic rings. The van der Waals surface area contributed by atoms with E-state index in [4.69, 9.17) is 5.73 Å². The second-order valence-corrected chi connectivity index (χ2v) is 4.75. The first-order chi connectivity index (χ1) is 7.60. The first-order valence-electron chi connectivity index (χ1n) is 5.45. The topological polar surface area (TPSA) is 29.3 Å². The van der Waals surface area contributed by atoms with E-state index in [1.807, 2.05) is 7.05 Å². The molecular formula is C12H18BrFN2. The number of hydrogen-bond donors (Lipinski definition) is 1. The lowest BCUT2D eigenvalue weighted by Crippen LogP contribution is -2.31. The van der Waals surface area contributed by atoms with Crippen LogP contribution in [0.5, 0.6) is 0 Å². The molecule has 0 heterocycles.